The highest BCUT2D eigenvalue weighted by molar-refractivity contribution is 7.17. The Morgan fingerprint density at radius 1 is 1.28 bits per heavy atom. The van der Waals surface area contributed by atoms with Crippen molar-refractivity contribution in [1.29, 1.82) is 0 Å². The number of likely N-dealkylation sites (N-methyl/N-ethyl adjacent to an activating group) is 1. The van der Waals surface area contributed by atoms with Gasteiger partial charge in [-0.3, -0.25) is 4.90 Å². The first-order chi connectivity index (χ1) is 8.69. The van der Waals surface area contributed by atoms with Crippen LogP contribution in [0.4, 0.5) is 0 Å². The zero-order chi connectivity index (χ0) is 13.4. The lowest BCUT2D eigenvalue weighted by atomic mass is 10.2. The van der Waals surface area contributed by atoms with Crippen molar-refractivity contribution in [1.82, 2.24) is 4.90 Å². The second-order valence-corrected chi connectivity index (χ2v) is 6.08. The van der Waals surface area contributed by atoms with Gasteiger partial charge in [0.2, 0.25) is 0 Å². The molecular formula is C16H30NP. The van der Waals surface area contributed by atoms with Gasteiger partial charge in [-0.1, -0.05) is 37.6 Å². The first kappa shape index (κ1) is 15.9. The highest BCUT2D eigenvalue weighted by Gasteiger charge is 2.31. The maximum absolute atomic E-state index is 3.05. The molecule has 0 aromatic carbocycles. The first-order valence-corrected chi connectivity index (χ1v) is 8.16. The molecule has 2 unspecified atom stereocenters. The van der Waals surface area contributed by atoms with Crippen molar-refractivity contribution in [2.75, 3.05) is 13.1 Å². The van der Waals surface area contributed by atoms with E-state index in [-0.39, 0.29) is 0 Å². The molecule has 1 aliphatic rings. The molecule has 1 fully saturated rings. The molecule has 0 aromatic heterocycles. The summed E-state index contributed by atoms with van der Waals surface area (Å²) in [5, 5.41) is 0. The zero-order valence-corrected chi connectivity index (χ0v) is 13.5. The zero-order valence-electron chi connectivity index (χ0n) is 12.4. The van der Waals surface area contributed by atoms with Gasteiger partial charge in [-0.2, -0.15) is 0 Å². The molecule has 104 valence electrons. The van der Waals surface area contributed by atoms with Crippen molar-refractivity contribution in [2.45, 2.75) is 58.7 Å². The molecule has 1 aliphatic carbocycles. The number of unbranched alkanes of at least 4 members (excludes halogenated alkanes) is 1. The normalized spacial score (nSPS) is 18.8. The van der Waals surface area contributed by atoms with Gasteiger partial charge < -0.3 is 0 Å². The van der Waals surface area contributed by atoms with Crippen molar-refractivity contribution in [3.05, 3.63) is 23.8 Å². The van der Waals surface area contributed by atoms with E-state index < -0.39 is 0 Å². The highest BCUT2D eigenvalue weighted by Crippen LogP contribution is 2.38. The molecular weight excluding hydrogens is 237 g/mol. The Balaban J connectivity index is 2.29. The Morgan fingerprint density at radius 2 is 2.00 bits per heavy atom. The lowest BCUT2D eigenvalue weighted by molar-refractivity contribution is 0.271. The van der Waals surface area contributed by atoms with Gasteiger partial charge in [-0.25, -0.2) is 0 Å². The average Bonchev–Trinajstić information content (AvgIpc) is 3.19. The van der Waals surface area contributed by atoms with E-state index in [0.29, 0.717) is 5.78 Å². The molecule has 2 heteroatoms. The lowest BCUT2D eigenvalue weighted by Crippen LogP contribution is -2.33. The van der Waals surface area contributed by atoms with Gasteiger partial charge in [0, 0.05) is 12.3 Å². The van der Waals surface area contributed by atoms with Crippen molar-refractivity contribution >= 4 is 9.24 Å². The second kappa shape index (κ2) is 8.88. The largest absolute Gasteiger partial charge is 0.293 e. The van der Waals surface area contributed by atoms with Gasteiger partial charge in [0.05, 0.1) is 0 Å². The van der Waals surface area contributed by atoms with Crippen molar-refractivity contribution < 1.29 is 0 Å². The van der Waals surface area contributed by atoms with Crippen LogP contribution in [0.25, 0.3) is 0 Å². The van der Waals surface area contributed by atoms with Crippen LogP contribution >= 0.6 is 9.24 Å². The predicted molar refractivity (Wildman–Crippen MR) is 85.9 cm³/mol. The predicted octanol–water partition coefficient (Wildman–Crippen LogP) is 4.61. The van der Waals surface area contributed by atoms with E-state index in [1.54, 1.807) is 0 Å². The minimum absolute atomic E-state index is 0.693. The third-order valence-corrected chi connectivity index (χ3v) is 4.58. The van der Waals surface area contributed by atoms with Crippen LogP contribution < -0.4 is 0 Å². The lowest BCUT2D eigenvalue weighted by Gasteiger charge is -2.28. The van der Waals surface area contributed by atoms with Crippen LogP contribution in [-0.4, -0.2) is 23.8 Å². The molecule has 0 saturated heterocycles. The fourth-order valence-corrected chi connectivity index (χ4v) is 2.96. The van der Waals surface area contributed by atoms with E-state index in [0.717, 1.165) is 25.4 Å². The monoisotopic (exact) mass is 267 g/mol. The van der Waals surface area contributed by atoms with E-state index in [1.165, 1.54) is 31.3 Å². The van der Waals surface area contributed by atoms with Crippen LogP contribution in [0, 0.1) is 5.92 Å². The first-order valence-electron chi connectivity index (χ1n) is 7.49. The van der Waals surface area contributed by atoms with Gasteiger partial charge in [-0.05, 0) is 51.5 Å². The molecule has 0 radical (unpaired) electrons. The minimum Gasteiger partial charge on any atom is -0.293 e. The van der Waals surface area contributed by atoms with Gasteiger partial charge in [0.15, 0.2) is 0 Å². The molecule has 0 bridgehead atoms. The van der Waals surface area contributed by atoms with Crippen molar-refractivity contribution in [2.24, 2.45) is 5.92 Å². The smallest absolute Gasteiger partial charge is 0.0270 e. The molecule has 0 aliphatic heterocycles. The molecule has 0 heterocycles. The Morgan fingerprint density at radius 3 is 2.56 bits per heavy atom. The Hall–Kier alpha value is -0.130. The van der Waals surface area contributed by atoms with Crippen molar-refractivity contribution in [3.63, 3.8) is 0 Å². The van der Waals surface area contributed by atoms with E-state index in [9.17, 15) is 0 Å². The second-order valence-electron chi connectivity index (χ2n) is 5.40. The summed E-state index contributed by atoms with van der Waals surface area (Å²) in [5.74, 6) is 1.63. The van der Waals surface area contributed by atoms with Gasteiger partial charge in [0.1, 0.15) is 0 Å². The standard InChI is InChI=1S/C16H30NP/c1-4-6-7-8-9-10-14(3)13-17(5-2)16(18)15-11-12-15/h6-7,10,15-16H,4-5,8-9,11-13,18H2,1-3H3/b7-6-,14-10+. The van der Waals surface area contributed by atoms with E-state index in [4.69, 9.17) is 0 Å². The third kappa shape index (κ3) is 6.16. The molecule has 0 spiro atoms. The summed E-state index contributed by atoms with van der Waals surface area (Å²) in [5.41, 5.74) is 1.52. The van der Waals surface area contributed by atoms with Crippen LogP contribution in [0.3, 0.4) is 0 Å². The molecule has 2 atom stereocenters. The van der Waals surface area contributed by atoms with Gasteiger partial charge >= 0.3 is 0 Å². The van der Waals surface area contributed by atoms with Crippen LogP contribution in [0.1, 0.15) is 52.9 Å². The maximum atomic E-state index is 3.05. The summed E-state index contributed by atoms with van der Waals surface area (Å²) in [4.78, 5) is 2.59. The molecule has 18 heavy (non-hydrogen) atoms. The molecule has 0 amide bonds. The summed E-state index contributed by atoms with van der Waals surface area (Å²) >= 11 is 0. The van der Waals surface area contributed by atoms with Crippen LogP contribution in [0.15, 0.2) is 23.8 Å². The maximum Gasteiger partial charge on any atom is 0.0270 e. The quantitative estimate of drug-likeness (QED) is 0.335. The average molecular weight is 267 g/mol. The SMILES string of the molecule is CC/C=C\CC/C=C(\C)CN(CC)C(P)C1CC1. The Labute approximate surface area is 116 Å². The number of rotatable bonds is 9. The number of hydrogen-bond acceptors (Lipinski definition) is 1. The van der Waals surface area contributed by atoms with Gasteiger partial charge in [0.25, 0.3) is 0 Å². The number of allylic oxidation sites excluding steroid dienone is 3. The number of nitrogens with zero attached hydrogens (tertiary/aromatic N) is 1. The molecule has 1 nitrogen and oxygen atoms in total. The molecule has 0 aromatic rings. The third-order valence-electron chi connectivity index (χ3n) is 3.61. The highest BCUT2D eigenvalue weighted by atomic mass is 31.0. The van der Waals surface area contributed by atoms with E-state index >= 15 is 0 Å². The summed E-state index contributed by atoms with van der Waals surface area (Å²) in [6.45, 7) is 9.03. The summed E-state index contributed by atoms with van der Waals surface area (Å²) in [6.07, 6.45) is 13.3. The van der Waals surface area contributed by atoms with E-state index in [1.807, 2.05) is 0 Å². The fraction of sp³-hybridized carbons (Fsp3) is 0.750. The minimum atomic E-state index is 0.693. The molecule has 1 rings (SSSR count). The van der Waals surface area contributed by atoms with E-state index in [2.05, 4.69) is 53.1 Å². The molecule has 0 N–H and O–H groups in total. The Bertz CT molecular complexity index is 279. The fourth-order valence-electron chi connectivity index (χ4n) is 2.26. The number of hydrogen-bond donors (Lipinski definition) is 0. The van der Waals surface area contributed by atoms with Crippen molar-refractivity contribution in [3.8, 4) is 0 Å². The van der Waals surface area contributed by atoms with Crippen LogP contribution in [0.5, 0.6) is 0 Å². The summed E-state index contributed by atoms with van der Waals surface area (Å²) < 4.78 is 0. The summed E-state index contributed by atoms with van der Waals surface area (Å²) in [6, 6.07) is 0. The van der Waals surface area contributed by atoms with Crippen LogP contribution in [0.2, 0.25) is 0 Å². The Kier molecular flexibility index (Phi) is 7.86. The topological polar surface area (TPSA) is 3.24 Å². The van der Waals surface area contributed by atoms with Gasteiger partial charge in [-0.15, -0.1) is 9.24 Å². The molecule has 1 saturated carbocycles. The summed E-state index contributed by atoms with van der Waals surface area (Å²) in [7, 11) is 3.05. The van der Waals surface area contributed by atoms with Crippen LogP contribution in [-0.2, 0) is 0 Å².